The predicted molar refractivity (Wildman–Crippen MR) is 117 cm³/mol. The summed E-state index contributed by atoms with van der Waals surface area (Å²) in [6, 6.07) is 0.513. The van der Waals surface area contributed by atoms with Gasteiger partial charge in [0.25, 0.3) is 0 Å². The van der Waals surface area contributed by atoms with Gasteiger partial charge in [-0.05, 0) is 43.7 Å². The molecule has 1 aromatic heterocycles. The molecule has 1 aliphatic heterocycles. The van der Waals surface area contributed by atoms with E-state index in [4.69, 9.17) is 10.9 Å². The number of anilines is 2. The summed E-state index contributed by atoms with van der Waals surface area (Å²) in [5.74, 6) is 1.63. The summed E-state index contributed by atoms with van der Waals surface area (Å²) in [5.41, 5.74) is 6.65. The number of rotatable bonds is 8. The van der Waals surface area contributed by atoms with Gasteiger partial charge in [0.2, 0.25) is 11.7 Å². The first-order valence-electron chi connectivity index (χ1n) is 10.4. The summed E-state index contributed by atoms with van der Waals surface area (Å²) in [6.45, 7) is 13.1. The van der Waals surface area contributed by atoms with Crippen molar-refractivity contribution in [2.45, 2.75) is 58.9 Å². The molecule has 2 aliphatic rings. The Morgan fingerprint density at radius 1 is 1.24 bits per heavy atom. The lowest BCUT2D eigenvalue weighted by Gasteiger charge is -2.35. The molecule has 2 heterocycles. The first kappa shape index (κ1) is 21.3. The number of hydrogen-bond donors (Lipinski definition) is 4. The molecule has 1 saturated heterocycles. The van der Waals surface area contributed by atoms with Crippen LogP contribution in [0.25, 0.3) is 0 Å². The summed E-state index contributed by atoms with van der Waals surface area (Å²) in [6.07, 6.45) is 6.12. The molecule has 29 heavy (non-hydrogen) atoms. The molecule has 1 unspecified atom stereocenters. The van der Waals surface area contributed by atoms with Crippen molar-refractivity contribution >= 4 is 29.9 Å². The number of nitrogens with zero attached hydrogens (tertiary/aromatic N) is 5. The number of amidine groups is 1. The third-order valence-electron chi connectivity index (χ3n) is 5.98. The number of oxime groups is 1. The summed E-state index contributed by atoms with van der Waals surface area (Å²) >= 11 is 0. The molecule has 9 heteroatoms. The number of aliphatic imine (C=N–C) groups is 1. The van der Waals surface area contributed by atoms with Crippen LogP contribution >= 0.6 is 0 Å². The zero-order valence-corrected chi connectivity index (χ0v) is 17.8. The van der Waals surface area contributed by atoms with Gasteiger partial charge in [-0.3, -0.25) is 4.90 Å². The molecule has 1 atom stereocenters. The van der Waals surface area contributed by atoms with Gasteiger partial charge in [-0.1, -0.05) is 32.3 Å². The van der Waals surface area contributed by atoms with Crippen LogP contribution in [0.3, 0.4) is 0 Å². The lowest BCUT2D eigenvalue weighted by atomic mass is 9.85. The number of hydrogen-bond acceptors (Lipinski definition) is 8. The van der Waals surface area contributed by atoms with E-state index in [-0.39, 0.29) is 17.1 Å². The highest BCUT2D eigenvalue weighted by atomic mass is 16.4. The smallest absolute Gasteiger partial charge is 0.208 e. The van der Waals surface area contributed by atoms with Crippen LogP contribution in [0.4, 0.5) is 17.3 Å². The maximum absolute atomic E-state index is 9.02. The van der Waals surface area contributed by atoms with Crippen LogP contribution < -0.4 is 16.4 Å². The second-order valence-electron chi connectivity index (χ2n) is 9.09. The number of nitrogens with one attached hydrogen (secondary N) is 2. The van der Waals surface area contributed by atoms with Gasteiger partial charge in [-0.2, -0.15) is 0 Å². The Kier molecular flexibility index (Phi) is 6.56. The number of nitrogens with two attached hydrogens (primary N) is 1. The molecule has 3 rings (SSSR count). The van der Waals surface area contributed by atoms with Crippen LogP contribution in [0.1, 0.15) is 58.7 Å². The van der Waals surface area contributed by atoms with Crippen LogP contribution in [-0.2, 0) is 0 Å². The predicted octanol–water partition coefficient (Wildman–Crippen LogP) is 3.00. The van der Waals surface area contributed by atoms with E-state index in [0.29, 0.717) is 36.0 Å². The minimum absolute atomic E-state index is 0.130. The van der Waals surface area contributed by atoms with E-state index in [1.807, 2.05) is 0 Å². The van der Waals surface area contributed by atoms with E-state index in [0.717, 1.165) is 13.1 Å². The first-order chi connectivity index (χ1) is 13.8. The van der Waals surface area contributed by atoms with E-state index < -0.39 is 0 Å². The highest BCUT2D eigenvalue weighted by Gasteiger charge is 2.34. The minimum Gasteiger partial charge on any atom is -0.409 e. The third kappa shape index (κ3) is 4.95. The Morgan fingerprint density at radius 2 is 2.00 bits per heavy atom. The Balaban J connectivity index is 1.83. The van der Waals surface area contributed by atoms with Gasteiger partial charge < -0.3 is 21.6 Å². The largest absolute Gasteiger partial charge is 0.409 e. The molecule has 9 nitrogen and oxygen atoms in total. The first-order valence-corrected chi connectivity index (χ1v) is 10.4. The molecule has 1 aromatic rings. The molecule has 160 valence electrons. The van der Waals surface area contributed by atoms with E-state index in [1.165, 1.54) is 32.1 Å². The van der Waals surface area contributed by atoms with Crippen molar-refractivity contribution in [1.82, 2.24) is 14.9 Å². The molecule has 0 aromatic carbocycles. The topological polar surface area (TPSA) is 124 Å². The van der Waals surface area contributed by atoms with Gasteiger partial charge in [0.1, 0.15) is 5.69 Å². The lowest BCUT2D eigenvalue weighted by molar-refractivity contribution is 0.149. The third-order valence-corrected chi connectivity index (χ3v) is 5.98. The van der Waals surface area contributed by atoms with Crippen LogP contribution in [0.15, 0.2) is 10.1 Å². The van der Waals surface area contributed by atoms with Crippen molar-refractivity contribution in [3.63, 3.8) is 0 Å². The fraction of sp³-hybridized carbons (Fsp3) is 0.700. The van der Waals surface area contributed by atoms with E-state index in [2.05, 4.69) is 63.1 Å². The molecule has 1 saturated carbocycles. The van der Waals surface area contributed by atoms with Gasteiger partial charge in [0.15, 0.2) is 11.6 Å². The Hall–Kier alpha value is -2.42. The van der Waals surface area contributed by atoms with Crippen LogP contribution in [0, 0.1) is 11.3 Å². The second kappa shape index (κ2) is 8.94. The number of aromatic nitrogens is 2. The molecular weight excluding hydrogens is 368 g/mol. The fourth-order valence-electron chi connectivity index (χ4n) is 4.13. The lowest BCUT2D eigenvalue weighted by Crippen LogP contribution is -2.42. The molecule has 0 bridgehead atoms. The molecule has 0 radical (unpaired) electrons. The highest BCUT2D eigenvalue weighted by molar-refractivity contribution is 5.95. The highest BCUT2D eigenvalue weighted by Crippen LogP contribution is 2.35. The van der Waals surface area contributed by atoms with Crippen LogP contribution in [-0.4, -0.2) is 58.4 Å². The van der Waals surface area contributed by atoms with Crippen molar-refractivity contribution in [1.29, 1.82) is 0 Å². The van der Waals surface area contributed by atoms with Gasteiger partial charge in [0.05, 0.1) is 6.67 Å². The molecule has 0 spiro atoms. The van der Waals surface area contributed by atoms with Gasteiger partial charge in [-0.15, -0.1) is 0 Å². The number of likely N-dealkylation sites (tertiary alicyclic amines) is 1. The van der Waals surface area contributed by atoms with Crippen molar-refractivity contribution in [2.24, 2.45) is 27.2 Å². The molecule has 2 fully saturated rings. The molecule has 5 N–H and O–H groups in total. The molecule has 0 amide bonds. The van der Waals surface area contributed by atoms with Crippen molar-refractivity contribution < 1.29 is 5.21 Å². The Bertz CT molecular complexity index is 754. The summed E-state index contributed by atoms with van der Waals surface area (Å²) in [5, 5.41) is 18.9. The van der Waals surface area contributed by atoms with Crippen LogP contribution in [0.5, 0.6) is 0 Å². The molecular formula is C20H34N8O. The summed E-state index contributed by atoms with van der Waals surface area (Å²) in [4.78, 5) is 15.3. The van der Waals surface area contributed by atoms with Crippen molar-refractivity contribution in [3.05, 3.63) is 5.82 Å². The average molecular weight is 403 g/mol. The van der Waals surface area contributed by atoms with E-state index >= 15 is 0 Å². The van der Waals surface area contributed by atoms with Gasteiger partial charge in [0, 0.05) is 19.1 Å². The van der Waals surface area contributed by atoms with E-state index in [9.17, 15) is 0 Å². The minimum atomic E-state index is -0.152. The fourth-order valence-corrected chi connectivity index (χ4v) is 4.13. The zero-order valence-electron chi connectivity index (χ0n) is 17.8. The maximum Gasteiger partial charge on any atom is 0.208 e. The average Bonchev–Trinajstić information content (AvgIpc) is 3.13. The summed E-state index contributed by atoms with van der Waals surface area (Å²) < 4.78 is 0. The van der Waals surface area contributed by atoms with Crippen molar-refractivity contribution in [3.8, 4) is 0 Å². The monoisotopic (exact) mass is 402 g/mol. The van der Waals surface area contributed by atoms with E-state index in [1.54, 1.807) is 0 Å². The van der Waals surface area contributed by atoms with Crippen LogP contribution in [0.2, 0.25) is 0 Å². The molecule has 1 aliphatic carbocycles. The second-order valence-corrected chi connectivity index (χ2v) is 9.09. The Labute approximate surface area is 172 Å². The Morgan fingerprint density at radius 3 is 2.59 bits per heavy atom. The van der Waals surface area contributed by atoms with Crippen molar-refractivity contribution in [2.75, 3.05) is 30.4 Å². The van der Waals surface area contributed by atoms with Gasteiger partial charge in [-0.25, -0.2) is 15.0 Å². The van der Waals surface area contributed by atoms with Gasteiger partial charge >= 0.3 is 0 Å². The maximum atomic E-state index is 9.02. The zero-order chi connectivity index (χ0) is 21.0. The normalized spacial score (nSPS) is 21.1. The SMILES string of the molecule is C=Nc1nc(/C(N)=N/O)nc(NCC2CCC2)c1NCN1CCCC1C(C)(C)C. The summed E-state index contributed by atoms with van der Waals surface area (Å²) in [7, 11) is 0. The quantitative estimate of drug-likeness (QED) is 0.228. The standard InChI is InChI=1S/C20H34N8O/c1-20(2,3)14-9-6-10-28(14)12-24-15-17(22-4)25-19(16(21)27-29)26-18(15)23-11-13-7-5-8-13/h13-14,24,29H,4-12H2,1-3H3,(H2,21,27)(H,23,25,26).